The van der Waals surface area contributed by atoms with Crippen molar-refractivity contribution in [1.82, 2.24) is 10.2 Å². The van der Waals surface area contributed by atoms with E-state index >= 15 is 0 Å². The van der Waals surface area contributed by atoms with E-state index in [4.69, 9.17) is 18.9 Å². The van der Waals surface area contributed by atoms with Gasteiger partial charge in [0.05, 0.1) is 32.6 Å². The summed E-state index contributed by atoms with van der Waals surface area (Å²) in [7, 11) is 1.71. The molecule has 0 bridgehead atoms. The average molecular weight is 472 g/mol. The van der Waals surface area contributed by atoms with Gasteiger partial charge in [0.1, 0.15) is 5.75 Å². The number of piperazine rings is 1. The number of nitrogens with zero attached hydrogens (tertiary/aromatic N) is 2. The Labute approximate surface area is 202 Å². The van der Waals surface area contributed by atoms with Gasteiger partial charge in [-0.1, -0.05) is 12.1 Å². The van der Waals surface area contributed by atoms with Crippen LogP contribution < -0.4 is 29.2 Å². The zero-order valence-corrected chi connectivity index (χ0v) is 20.8. The second-order valence-electron chi connectivity index (χ2n) is 7.86. The first-order chi connectivity index (χ1) is 16.6. The molecule has 8 nitrogen and oxygen atoms in total. The van der Waals surface area contributed by atoms with Crippen LogP contribution in [-0.2, 0) is 0 Å². The average Bonchev–Trinajstić information content (AvgIpc) is 2.86. The number of methoxy groups -OCH3 is 1. The van der Waals surface area contributed by atoms with Crippen LogP contribution in [0.25, 0.3) is 0 Å². The molecular weight excluding hydrogens is 434 g/mol. The molecule has 1 saturated heterocycles. The van der Waals surface area contributed by atoms with E-state index in [1.54, 1.807) is 19.2 Å². The van der Waals surface area contributed by atoms with E-state index in [0.717, 1.165) is 44.2 Å². The van der Waals surface area contributed by atoms with Crippen molar-refractivity contribution in [3.8, 4) is 23.0 Å². The molecule has 186 valence electrons. The third-order valence-electron chi connectivity index (χ3n) is 5.68. The molecule has 34 heavy (non-hydrogen) atoms. The van der Waals surface area contributed by atoms with Crippen molar-refractivity contribution in [1.29, 1.82) is 0 Å². The Morgan fingerprint density at radius 1 is 0.882 bits per heavy atom. The number of para-hydroxylation sites is 2. The summed E-state index contributed by atoms with van der Waals surface area (Å²) in [6, 6.07) is 11.6. The zero-order chi connectivity index (χ0) is 24.3. The fourth-order valence-electron chi connectivity index (χ4n) is 4.05. The van der Waals surface area contributed by atoms with E-state index in [1.165, 1.54) is 0 Å². The normalized spacial score (nSPS) is 13.9. The van der Waals surface area contributed by atoms with E-state index < -0.39 is 0 Å². The monoisotopic (exact) mass is 471 g/mol. The predicted molar refractivity (Wildman–Crippen MR) is 134 cm³/mol. The van der Waals surface area contributed by atoms with Crippen molar-refractivity contribution in [3.05, 3.63) is 42.0 Å². The van der Waals surface area contributed by atoms with Gasteiger partial charge >= 0.3 is 0 Å². The van der Waals surface area contributed by atoms with Gasteiger partial charge in [-0.05, 0) is 45.0 Å². The first-order valence-electron chi connectivity index (χ1n) is 12.1. The van der Waals surface area contributed by atoms with Gasteiger partial charge in [0, 0.05) is 44.8 Å². The van der Waals surface area contributed by atoms with E-state index in [1.807, 2.05) is 39.0 Å². The molecule has 0 saturated carbocycles. The van der Waals surface area contributed by atoms with Gasteiger partial charge in [0.25, 0.3) is 5.91 Å². The minimum Gasteiger partial charge on any atom is -0.495 e. The fraction of sp³-hybridized carbons (Fsp3) is 0.500. The summed E-state index contributed by atoms with van der Waals surface area (Å²) in [5.41, 5.74) is 1.63. The molecule has 1 N–H and O–H groups in total. The highest BCUT2D eigenvalue weighted by Gasteiger charge is 2.21. The molecule has 1 heterocycles. The van der Waals surface area contributed by atoms with Crippen LogP contribution in [0.4, 0.5) is 5.69 Å². The lowest BCUT2D eigenvalue weighted by Crippen LogP contribution is -2.48. The summed E-state index contributed by atoms with van der Waals surface area (Å²) in [6.45, 7) is 12.2. The van der Waals surface area contributed by atoms with Crippen molar-refractivity contribution >= 4 is 11.6 Å². The number of amides is 1. The molecule has 2 aromatic carbocycles. The molecule has 0 radical (unpaired) electrons. The summed E-state index contributed by atoms with van der Waals surface area (Å²) < 4.78 is 22.7. The largest absolute Gasteiger partial charge is 0.495 e. The molecule has 0 aromatic heterocycles. The smallest absolute Gasteiger partial charge is 0.251 e. The summed E-state index contributed by atoms with van der Waals surface area (Å²) >= 11 is 0. The van der Waals surface area contributed by atoms with Crippen LogP contribution in [0.15, 0.2) is 36.4 Å². The van der Waals surface area contributed by atoms with Gasteiger partial charge in [-0.2, -0.15) is 0 Å². The quantitative estimate of drug-likeness (QED) is 0.508. The minimum atomic E-state index is -0.155. The maximum atomic E-state index is 12.9. The number of carbonyl (C=O) groups excluding carboxylic acids is 1. The second-order valence-corrected chi connectivity index (χ2v) is 7.86. The lowest BCUT2D eigenvalue weighted by Gasteiger charge is -2.36. The van der Waals surface area contributed by atoms with Crippen LogP contribution in [0.3, 0.4) is 0 Å². The predicted octanol–water partition coefficient (Wildman–Crippen LogP) is 3.44. The van der Waals surface area contributed by atoms with Gasteiger partial charge in [-0.25, -0.2) is 0 Å². The van der Waals surface area contributed by atoms with Crippen molar-refractivity contribution in [2.24, 2.45) is 0 Å². The Kier molecular flexibility index (Phi) is 9.70. The van der Waals surface area contributed by atoms with E-state index in [2.05, 4.69) is 21.2 Å². The number of benzene rings is 2. The first kappa shape index (κ1) is 25.5. The van der Waals surface area contributed by atoms with Crippen LogP contribution in [0.1, 0.15) is 31.1 Å². The van der Waals surface area contributed by atoms with Crippen molar-refractivity contribution in [2.75, 3.05) is 71.1 Å². The maximum absolute atomic E-state index is 12.9. The minimum absolute atomic E-state index is 0.155. The SMILES string of the molecule is CCOc1cc(C(=O)NCCN2CCN(c3ccccc3OC)CC2)cc(OCC)c1OCC. The maximum Gasteiger partial charge on any atom is 0.251 e. The molecular formula is C26H37N3O5. The van der Waals surface area contributed by atoms with E-state index in [9.17, 15) is 4.79 Å². The lowest BCUT2D eigenvalue weighted by molar-refractivity contribution is 0.0946. The van der Waals surface area contributed by atoms with Crippen molar-refractivity contribution in [3.63, 3.8) is 0 Å². The molecule has 0 atom stereocenters. The lowest BCUT2D eigenvalue weighted by atomic mass is 10.1. The summed E-state index contributed by atoms with van der Waals surface area (Å²) in [6.07, 6.45) is 0. The van der Waals surface area contributed by atoms with Gasteiger partial charge in [-0.3, -0.25) is 9.69 Å². The van der Waals surface area contributed by atoms with Gasteiger partial charge in [0.15, 0.2) is 11.5 Å². The first-order valence-corrected chi connectivity index (χ1v) is 12.1. The molecule has 1 aliphatic rings. The zero-order valence-electron chi connectivity index (χ0n) is 20.8. The number of hydrogen-bond donors (Lipinski definition) is 1. The molecule has 1 aliphatic heterocycles. The number of ether oxygens (including phenoxy) is 4. The molecule has 3 rings (SSSR count). The highest BCUT2D eigenvalue weighted by Crippen LogP contribution is 2.39. The van der Waals surface area contributed by atoms with Crippen LogP contribution in [-0.4, -0.2) is 77.0 Å². The van der Waals surface area contributed by atoms with Gasteiger partial charge in [-0.15, -0.1) is 0 Å². The molecule has 2 aromatic rings. The molecule has 0 unspecified atom stereocenters. The van der Waals surface area contributed by atoms with Gasteiger partial charge in [0.2, 0.25) is 5.75 Å². The number of rotatable bonds is 12. The van der Waals surface area contributed by atoms with Crippen LogP contribution >= 0.6 is 0 Å². The third-order valence-corrected chi connectivity index (χ3v) is 5.68. The Morgan fingerprint density at radius 3 is 2.09 bits per heavy atom. The topological polar surface area (TPSA) is 72.5 Å². The fourth-order valence-corrected chi connectivity index (χ4v) is 4.05. The Bertz CT molecular complexity index is 901. The Balaban J connectivity index is 1.55. The summed E-state index contributed by atoms with van der Waals surface area (Å²) in [5, 5.41) is 3.03. The third kappa shape index (κ3) is 6.47. The summed E-state index contributed by atoms with van der Waals surface area (Å²) in [5.74, 6) is 2.32. The molecule has 1 amide bonds. The molecule has 0 spiro atoms. The van der Waals surface area contributed by atoms with Crippen molar-refractivity contribution < 1.29 is 23.7 Å². The van der Waals surface area contributed by atoms with E-state index in [-0.39, 0.29) is 5.91 Å². The highest BCUT2D eigenvalue weighted by atomic mass is 16.5. The van der Waals surface area contributed by atoms with Crippen LogP contribution in [0.5, 0.6) is 23.0 Å². The van der Waals surface area contributed by atoms with Crippen LogP contribution in [0.2, 0.25) is 0 Å². The Hall–Kier alpha value is -3.13. The van der Waals surface area contributed by atoms with E-state index in [0.29, 0.717) is 49.2 Å². The van der Waals surface area contributed by atoms with Crippen molar-refractivity contribution in [2.45, 2.75) is 20.8 Å². The molecule has 1 fully saturated rings. The number of carbonyl (C=O) groups is 1. The van der Waals surface area contributed by atoms with Crippen LogP contribution in [0, 0.1) is 0 Å². The standard InChI is InChI=1S/C26H37N3O5/c1-5-32-23-18-20(19-24(33-6-2)25(23)34-7-3)26(30)27-12-13-28-14-16-29(17-15-28)21-10-8-9-11-22(21)31-4/h8-11,18-19H,5-7,12-17H2,1-4H3,(H,27,30). The Morgan fingerprint density at radius 2 is 1.50 bits per heavy atom. The highest BCUT2D eigenvalue weighted by molar-refractivity contribution is 5.95. The second kappa shape index (κ2) is 12.9. The van der Waals surface area contributed by atoms with Gasteiger partial charge < -0.3 is 29.2 Å². The molecule has 8 heteroatoms. The number of nitrogens with one attached hydrogen (secondary N) is 1. The summed E-state index contributed by atoms with van der Waals surface area (Å²) in [4.78, 5) is 17.6. The molecule has 0 aliphatic carbocycles. The number of hydrogen-bond acceptors (Lipinski definition) is 7. The number of anilines is 1.